The number of nitrogens with zero attached hydrogens (tertiary/aromatic N) is 1. The van der Waals surface area contributed by atoms with Crippen molar-refractivity contribution in [3.8, 4) is 5.75 Å². The Morgan fingerprint density at radius 1 is 1.39 bits per heavy atom. The third kappa shape index (κ3) is 3.45. The molecule has 1 aliphatic rings. The zero-order valence-electron chi connectivity index (χ0n) is 11.0. The maximum absolute atomic E-state index is 9.55. The topological polar surface area (TPSA) is 41.9 Å². The van der Waals surface area contributed by atoms with Crippen LogP contribution in [0.2, 0.25) is 0 Å². The van der Waals surface area contributed by atoms with Gasteiger partial charge in [-0.25, -0.2) is 0 Å². The van der Waals surface area contributed by atoms with Gasteiger partial charge in [-0.2, -0.15) is 0 Å². The zero-order chi connectivity index (χ0) is 13.0. The van der Waals surface area contributed by atoms with Gasteiger partial charge in [-0.1, -0.05) is 12.1 Å². The molecular weight excluding hydrogens is 230 g/mol. The van der Waals surface area contributed by atoms with Crippen LogP contribution in [0, 0.1) is 0 Å². The van der Waals surface area contributed by atoms with Crippen molar-refractivity contribution in [1.82, 2.24) is 4.90 Å². The maximum Gasteiger partial charge on any atom is 0.156 e. The first-order valence-electron chi connectivity index (χ1n) is 6.35. The molecular formula is C14H21NO3. The Hall–Kier alpha value is -1.10. The number of hydrogen-bond acceptors (Lipinski definition) is 4. The lowest BCUT2D eigenvalue weighted by atomic mass is 10.1. The fourth-order valence-corrected chi connectivity index (χ4v) is 2.24. The van der Waals surface area contributed by atoms with Crippen molar-refractivity contribution < 1.29 is 14.6 Å². The Morgan fingerprint density at radius 2 is 2.11 bits per heavy atom. The number of rotatable bonds is 3. The van der Waals surface area contributed by atoms with Crippen LogP contribution in [0.5, 0.6) is 5.75 Å². The summed E-state index contributed by atoms with van der Waals surface area (Å²) in [7, 11) is 1.67. The Morgan fingerprint density at radius 3 is 2.78 bits per heavy atom. The molecule has 0 bridgehead atoms. The molecule has 2 atom stereocenters. The molecule has 0 aromatic heterocycles. The third-order valence-corrected chi connectivity index (χ3v) is 3.40. The normalized spacial score (nSPS) is 25.7. The second kappa shape index (κ2) is 6.18. The summed E-state index contributed by atoms with van der Waals surface area (Å²) in [4.78, 5) is 2.33. The summed E-state index contributed by atoms with van der Waals surface area (Å²) in [5.74, 6) is 0.876. The third-order valence-electron chi connectivity index (χ3n) is 3.40. The van der Waals surface area contributed by atoms with Gasteiger partial charge in [-0.15, -0.1) is 0 Å². The number of aliphatic hydroxyl groups is 1. The lowest BCUT2D eigenvalue weighted by Crippen LogP contribution is -2.33. The number of aliphatic hydroxyl groups excluding tert-OH is 1. The summed E-state index contributed by atoms with van der Waals surface area (Å²) in [6.45, 7) is 4.44. The van der Waals surface area contributed by atoms with Gasteiger partial charge in [0.2, 0.25) is 0 Å². The van der Waals surface area contributed by atoms with E-state index in [1.807, 2.05) is 12.1 Å². The van der Waals surface area contributed by atoms with Gasteiger partial charge in [0.15, 0.2) is 6.29 Å². The first kappa shape index (κ1) is 13.3. The van der Waals surface area contributed by atoms with Crippen LogP contribution >= 0.6 is 0 Å². The second-order valence-electron chi connectivity index (χ2n) is 4.73. The molecule has 0 saturated carbocycles. The maximum atomic E-state index is 9.55. The lowest BCUT2D eigenvalue weighted by Gasteiger charge is -2.26. The predicted octanol–water partition coefficient (Wildman–Crippen LogP) is 1.62. The van der Waals surface area contributed by atoms with E-state index in [9.17, 15) is 5.11 Å². The molecule has 0 amide bonds. The molecule has 1 aliphatic heterocycles. The number of ether oxygens (including phenoxy) is 2. The molecule has 4 nitrogen and oxygen atoms in total. The molecule has 2 rings (SSSR count). The molecule has 1 fully saturated rings. The van der Waals surface area contributed by atoms with Crippen molar-refractivity contribution in [2.45, 2.75) is 32.2 Å². The summed E-state index contributed by atoms with van der Waals surface area (Å²) in [5.41, 5.74) is 1.25. The van der Waals surface area contributed by atoms with Crippen LogP contribution in [0.25, 0.3) is 0 Å². The van der Waals surface area contributed by atoms with E-state index in [1.165, 1.54) is 5.56 Å². The first-order valence-corrected chi connectivity index (χ1v) is 6.35. The summed E-state index contributed by atoms with van der Waals surface area (Å²) in [6.07, 6.45) is 0.0387. The van der Waals surface area contributed by atoms with Gasteiger partial charge in [0.25, 0.3) is 0 Å². The monoisotopic (exact) mass is 251 g/mol. The van der Waals surface area contributed by atoms with Crippen LogP contribution in [0.3, 0.4) is 0 Å². The van der Waals surface area contributed by atoms with E-state index >= 15 is 0 Å². The van der Waals surface area contributed by atoms with Crippen LogP contribution in [0.15, 0.2) is 24.3 Å². The van der Waals surface area contributed by atoms with Crippen molar-refractivity contribution in [2.24, 2.45) is 0 Å². The summed E-state index contributed by atoms with van der Waals surface area (Å²) >= 11 is 0. The van der Waals surface area contributed by atoms with E-state index in [-0.39, 0.29) is 0 Å². The van der Waals surface area contributed by atoms with Crippen LogP contribution in [0.4, 0.5) is 0 Å². The predicted molar refractivity (Wildman–Crippen MR) is 69.4 cm³/mol. The highest BCUT2D eigenvalue weighted by Crippen LogP contribution is 2.18. The van der Waals surface area contributed by atoms with Crippen LogP contribution < -0.4 is 4.74 Å². The fourth-order valence-electron chi connectivity index (χ4n) is 2.24. The van der Waals surface area contributed by atoms with E-state index in [0.717, 1.165) is 18.8 Å². The zero-order valence-corrected chi connectivity index (χ0v) is 11.0. The minimum Gasteiger partial charge on any atom is -0.497 e. The van der Waals surface area contributed by atoms with E-state index in [4.69, 9.17) is 9.47 Å². The summed E-state index contributed by atoms with van der Waals surface area (Å²) in [6, 6.07) is 8.43. The highest BCUT2D eigenvalue weighted by Gasteiger charge is 2.22. The van der Waals surface area contributed by atoms with Gasteiger partial charge in [0, 0.05) is 25.6 Å². The highest BCUT2D eigenvalue weighted by molar-refractivity contribution is 5.27. The average molecular weight is 251 g/mol. The molecule has 1 saturated heterocycles. The fraction of sp³-hybridized carbons (Fsp3) is 0.571. The number of methoxy groups -OCH3 is 1. The first-order chi connectivity index (χ1) is 8.69. The van der Waals surface area contributed by atoms with E-state index in [1.54, 1.807) is 7.11 Å². The van der Waals surface area contributed by atoms with E-state index in [2.05, 4.69) is 24.0 Å². The Kier molecular flexibility index (Phi) is 4.58. The molecule has 1 aromatic rings. The van der Waals surface area contributed by atoms with Gasteiger partial charge in [-0.3, -0.25) is 4.90 Å². The molecule has 100 valence electrons. The molecule has 1 heterocycles. The Bertz CT molecular complexity index is 366. The summed E-state index contributed by atoms with van der Waals surface area (Å²) < 4.78 is 10.4. The minimum absolute atomic E-state index is 0.324. The quantitative estimate of drug-likeness (QED) is 0.886. The average Bonchev–Trinajstić information content (AvgIpc) is 2.52. The van der Waals surface area contributed by atoms with Crippen LogP contribution in [0.1, 0.15) is 18.9 Å². The number of benzene rings is 1. The van der Waals surface area contributed by atoms with Crippen molar-refractivity contribution in [3.05, 3.63) is 29.8 Å². The molecule has 18 heavy (non-hydrogen) atoms. The molecule has 0 aliphatic carbocycles. The smallest absolute Gasteiger partial charge is 0.156 e. The van der Waals surface area contributed by atoms with Gasteiger partial charge in [-0.05, 0) is 24.6 Å². The molecule has 0 spiro atoms. The van der Waals surface area contributed by atoms with E-state index < -0.39 is 6.29 Å². The van der Waals surface area contributed by atoms with Crippen LogP contribution in [-0.2, 0) is 11.3 Å². The van der Waals surface area contributed by atoms with Gasteiger partial charge >= 0.3 is 0 Å². The Labute approximate surface area is 108 Å². The van der Waals surface area contributed by atoms with Crippen LogP contribution in [-0.4, -0.2) is 42.6 Å². The molecule has 4 heteroatoms. The molecule has 1 aromatic carbocycles. The van der Waals surface area contributed by atoms with Crippen molar-refractivity contribution in [3.63, 3.8) is 0 Å². The van der Waals surface area contributed by atoms with E-state index in [0.29, 0.717) is 19.1 Å². The SMILES string of the molecule is COc1ccc(CN2CCOC(O)CC2C)cc1. The molecule has 2 unspecified atom stereocenters. The highest BCUT2D eigenvalue weighted by atomic mass is 16.6. The Balaban J connectivity index is 1.98. The van der Waals surface area contributed by atoms with Crippen molar-refractivity contribution >= 4 is 0 Å². The second-order valence-corrected chi connectivity index (χ2v) is 4.73. The van der Waals surface area contributed by atoms with Gasteiger partial charge < -0.3 is 14.6 Å². The van der Waals surface area contributed by atoms with Gasteiger partial charge in [0.1, 0.15) is 5.75 Å². The lowest BCUT2D eigenvalue weighted by molar-refractivity contribution is -0.0944. The van der Waals surface area contributed by atoms with Crippen molar-refractivity contribution in [2.75, 3.05) is 20.3 Å². The molecule has 0 radical (unpaired) electrons. The minimum atomic E-state index is -0.624. The molecule has 1 N–H and O–H groups in total. The summed E-state index contributed by atoms with van der Waals surface area (Å²) in [5, 5.41) is 9.55. The number of hydrogen-bond donors (Lipinski definition) is 1. The van der Waals surface area contributed by atoms with Crippen molar-refractivity contribution in [1.29, 1.82) is 0 Å². The van der Waals surface area contributed by atoms with Gasteiger partial charge in [0.05, 0.1) is 13.7 Å². The standard InChI is InChI=1S/C14H21NO3/c1-11-9-14(16)18-8-7-15(11)10-12-3-5-13(17-2)6-4-12/h3-6,11,14,16H,7-10H2,1-2H3. The largest absolute Gasteiger partial charge is 0.497 e.